The predicted octanol–water partition coefficient (Wildman–Crippen LogP) is 4.35. The first-order valence-electron chi connectivity index (χ1n) is 6.49. The van der Waals surface area contributed by atoms with Gasteiger partial charge in [0.15, 0.2) is 0 Å². The fraction of sp³-hybridized carbons (Fsp3) is 0.643. The number of nitrogens with zero attached hydrogens (tertiary/aromatic N) is 1. The van der Waals surface area contributed by atoms with Crippen LogP contribution in [0.4, 0.5) is 0 Å². The second-order valence-electron chi connectivity index (χ2n) is 5.23. The topological polar surface area (TPSA) is 24.9 Å². The molecule has 18 heavy (non-hydrogen) atoms. The van der Waals surface area contributed by atoms with E-state index in [1.54, 1.807) is 12.4 Å². The lowest BCUT2D eigenvalue weighted by atomic mass is 9.89. The van der Waals surface area contributed by atoms with Gasteiger partial charge in [-0.1, -0.05) is 50.9 Å². The average Bonchev–Trinajstić information content (AvgIpc) is 2.66. The summed E-state index contributed by atoms with van der Waals surface area (Å²) in [5.74, 6) is 0. The first-order valence-corrected chi connectivity index (χ1v) is 7.25. The molecule has 1 aromatic rings. The summed E-state index contributed by atoms with van der Waals surface area (Å²) in [6, 6.07) is 0.465. The van der Waals surface area contributed by atoms with Crippen molar-refractivity contribution in [3.63, 3.8) is 0 Å². The lowest BCUT2D eigenvalue weighted by Gasteiger charge is -2.16. The third-order valence-corrected chi connectivity index (χ3v) is 3.72. The average molecular weight is 289 g/mol. The number of hydrogen-bond acceptors (Lipinski definition) is 2. The SMILES string of the molecule is CC.CC1(C)CN[C@H](Cc2c(Cl)cncc2Cl)C1. The summed E-state index contributed by atoms with van der Waals surface area (Å²) in [6.07, 6.45) is 5.34. The van der Waals surface area contributed by atoms with Crippen LogP contribution in [0.25, 0.3) is 0 Å². The second kappa shape index (κ2) is 6.74. The Hall–Kier alpha value is -0.310. The Kier molecular flexibility index (Phi) is 5.90. The van der Waals surface area contributed by atoms with Gasteiger partial charge in [0.2, 0.25) is 0 Å². The van der Waals surface area contributed by atoms with Crippen LogP contribution >= 0.6 is 23.2 Å². The second-order valence-corrected chi connectivity index (χ2v) is 6.05. The standard InChI is InChI=1S/C12H16Cl2N2.C2H6/c1-12(2)4-8(16-7-12)3-9-10(13)5-15-6-11(9)14;1-2/h5-6,8,16H,3-4,7H2,1-2H3;1-2H3/t8-;/m1./s1. The van der Waals surface area contributed by atoms with Crippen LogP contribution in [0.3, 0.4) is 0 Å². The fourth-order valence-electron chi connectivity index (χ4n) is 2.26. The quantitative estimate of drug-likeness (QED) is 0.875. The van der Waals surface area contributed by atoms with Crippen LogP contribution in [0.15, 0.2) is 12.4 Å². The molecule has 2 heterocycles. The summed E-state index contributed by atoms with van der Waals surface area (Å²) < 4.78 is 0. The van der Waals surface area contributed by atoms with Crippen molar-refractivity contribution in [3.05, 3.63) is 28.0 Å². The summed E-state index contributed by atoms with van der Waals surface area (Å²) in [6.45, 7) is 9.60. The van der Waals surface area contributed by atoms with Gasteiger partial charge in [0.1, 0.15) is 0 Å². The normalized spacial score (nSPS) is 21.3. The first-order chi connectivity index (χ1) is 8.48. The van der Waals surface area contributed by atoms with Gasteiger partial charge in [-0.15, -0.1) is 0 Å². The number of aromatic nitrogens is 1. The van der Waals surface area contributed by atoms with Gasteiger partial charge in [0.05, 0.1) is 10.0 Å². The molecule has 4 heteroatoms. The van der Waals surface area contributed by atoms with E-state index in [-0.39, 0.29) is 0 Å². The molecule has 1 aromatic heterocycles. The lowest BCUT2D eigenvalue weighted by Crippen LogP contribution is -2.24. The van der Waals surface area contributed by atoms with E-state index in [0.29, 0.717) is 21.5 Å². The molecule has 1 N–H and O–H groups in total. The molecule has 1 saturated heterocycles. The predicted molar refractivity (Wildman–Crippen MR) is 79.5 cm³/mol. The summed E-state index contributed by atoms with van der Waals surface area (Å²) in [5.41, 5.74) is 1.38. The molecular weight excluding hydrogens is 267 g/mol. The molecule has 0 aromatic carbocycles. The van der Waals surface area contributed by atoms with Gasteiger partial charge in [-0.05, 0) is 23.8 Å². The van der Waals surface area contributed by atoms with Gasteiger partial charge < -0.3 is 5.32 Å². The summed E-state index contributed by atoms with van der Waals surface area (Å²) in [5, 5.41) is 4.84. The molecule has 1 aliphatic rings. The van der Waals surface area contributed by atoms with E-state index in [1.807, 2.05) is 13.8 Å². The molecule has 0 unspecified atom stereocenters. The van der Waals surface area contributed by atoms with Gasteiger partial charge in [0, 0.05) is 25.0 Å². The van der Waals surface area contributed by atoms with Crippen LogP contribution in [0.5, 0.6) is 0 Å². The molecule has 0 spiro atoms. The van der Waals surface area contributed by atoms with Crippen molar-refractivity contribution in [2.24, 2.45) is 5.41 Å². The molecule has 0 saturated carbocycles. The van der Waals surface area contributed by atoms with Crippen LogP contribution in [0, 0.1) is 5.41 Å². The van der Waals surface area contributed by atoms with Gasteiger partial charge in [-0.3, -0.25) is 4.98 Å². The van der Waals surface area contributed by atoms with Crippen molar-refractivity contribution in [2.75, 3.05) is 6.54 Å². The Labute approximate surface area is 120 Å². The van der Waals surface area contributed by atoms with Crippen LogP contribution in [0.2, 0.25) is 10.0 Å². The van der Waals surface area contributed by atoms with E-state index in [2.05, 4.69) is 24.1 Å². The molecule has 0 aliphatic carbocycles. The minimum Gasteiger partial charge on any atom is -0.313 e. The van der Waals surface area contributed by atoms with Crippen LogP contribution < -0.4 is 5.32 Å². The summed E-state index contributed by atoms with van der Waals surface area (Å²) in [4.78, 5) is 3.96. The minimum absolute atomic E-state index is 0.372. The largest absolute Gasteiger partial charge is 0.313 e. The van der Waals surface area contributed by atoms with Gasteiger partial charge >= 0.3 is 0 Å². The third kappa shape index (κ3) is 4.11. The molecule has 0 radical (unpaired) electrons. The molecule has 2 rings (SSSR count). The first kappa shape index (κ1) is 15.7. The molecule has 1 aliphatic heterocycles. The monoisotopic (exact) mass is 288 g/mol. The van der Waals surface area contributed by atoms with E-state index < -0.39 is 0 Å². The van der Waals surface area contributed by atoms with Crippen molar-refractivity contribution in [2.45, 2.75) is 46.6 Å². The Bertz CT molecular complexity index is 371. The maximum Gasteiger partial charge on any atom is 0.0636 e. The van der Waals surface area contributed by atoms with Gasteiger partial charge in [0.25, 0.3) is 0 Å². The Morgan fingerprint density at radius 1 is 1.28 bits per heavy atom. The lowest BCUT2D eigenvalue weighted by molar-refractivity contribution is 0.401. The maximum atomic E-state index is 6.10. The molecule has 1 fully saturated rings. The fourth-order valence-corrected chi connectivity index (χ4v) is 2.77. The molecule has 2 nitrogen and oxygen atoms in total. The van der Waals surface area contributed by atoms with E-state index in [9.17, 15) is 0 Å². The number of nitrogens with one attached hydrogen (secondary N) is 1. The molecule has 0 amide bonds. The zero-order chi connectivity index (χ0) is 13.8. The van der Waals surface area contributed by atoms with Crippen molar-refractivity contribution >= 4 is 23.2 Å². The molecular formula is C14H22Cl2N2. The smallest absolute Gasteiger partial charge is 0.0636 e. The highest BCUT2D eigenvalue weighted by molar-refractivity contribution is 6.35. The van der Waals surface area contributed by atoms with Gasteiger partial charge in [-0.25, -0.2) is 0 Å². The van der Waals surface area contributed by atoms with Crippen molar-refractivity contribution < 1.29 is 0 Å². The zero-order valence-corrected chi connectivity index (χ0v) is 13.1. The van der Waals surface area contributed by atoms with Crippen molar-refractivity contribution in [1.29, 1.82) is 0 Å². The summed E-state index contributed by atoms with van der Waals surface area (Å²) in [7, 11) is 0. The number of pyridine rings is 1. The maximum absolute atomic E-state index is 6.10. The highest BCUT2D eigenvalue weighted by atomic mass is 35.5. The van der Waals surface area contributed by atoms with Gasteiger partial charge in [-0.2, -0.15) is 0 Å². The van der Waals surface area contributed by atoms with Crippen LogP contribution in [0.1, 0.15) is 39.7 Å². The molecule has 102 valence electrons. The number of hydrogen-bond donors (Lipinski definition) is 1. The van der Waals surface area contributed by atoms with Crippen molar-refractivity contribution in [3.8, 4) is 0 Å². The Balaban J connectivity index is 0.000000771. The Morgan fingerprint density at radius 2 is 1.83 bits per heavy atom. The van der Waals surface area contributed by atoms with E-state index in [1.165, 1.54) is 0 Å². The van der Waals surface area contributed by atoms with Crippen LogP contribution in [-0.4, -0.2) is 17.6 Å². The number of halogens is 2. The Morgan fingerprint density at radius 3 is 2.28 bits per heavy atom. The minimum atomic E-state index is 0.372. The number of rotatable bonds is 2. The van der Waals surface area contributed by atoms with E-state index >= 15 is 0 Å². The zero-order valence-electron chi connectivity index (χ0n) is 11.6. The van der Waals surface area contributed by atoms with Crippen molar-refractivity contribution in [1.82, 2.24) is 10.3 Å². The van der Waals surface area contributed by atoms with E-state index in [0.717, 1.165) is 24.9 Å². The van der Waals surface area contributed by atoms with E-state index in [4.69, 9.17) is 23.2 Å². The highest BCUT2D eigenvalue weighted by Gasteiger charge is 2.31. The highest BCUT2D eigenvalue weighted by Crippen LogP contribution is 2.31. The molecule has 0 bridgehead atoms. The summed E-state index contributed by atoms with van der Waals surface area (Å²) >= 11 is 12.2. The molecule has 1 atom stereocenters. The van der Waals surface area contributed by atoms with Crippen LogP contribution in [-0.2, 0) is 6.42 Å². The third-order valence-electron chi connectivity index (χ3n) is 3.07.